The van der Waals surface area contributed by atoms with Crippen LogP contribution in [0.1, 0.15) is 21.6 Å². The molecule has 0 saturated heterocycles. The van der Waals surface area contributed by atoms with Crippen LogP contribution in [-0.2, 0) is 12.4 Å². The largest absolute Gasteiger partial charge is 0.478 e. The highest BCUT2D eigenvalue weighted by molar-refractivity contribution is 6.09. The number of pyridine rings is 1. The first-order chi connectivity index (χ1) is 14.0. The van der Waals surface area contributed by atoms with Gasteiger partial charge in [0.05, 0.1) is 27.7 Å². The van der Waals surface area contributed by atoms with Gasteiger partial charge < -0.3 is 9.67 Å². The van der Waals surface area contributed by atoms with Crippen molar-refractivity contribution in [3.63, 3.8) is 0 Å². The first-order valence-electron chi connectivity index (χ1n) is 8.40. The molecule has 4 rings (SSSR count). The van der Waals surface area contributed by atoms with Gasteiger partial charge >= 0.3 is 18.3 Å². The average Bonchev–Trinajstić information content (AvgIpc) is 2.99. The number of hydrogen-bond donors (Lipinski definition) is 1. The van der Waals surface area contributed by atoms with Gasteiger partial charge in [-0.2, -0.15) is 26.3 Å². The van der Waals surface area contributed by atoms with Crippen LogP contribution in [0.15, 0.2) is 54.6 Å². The summed E-state index contributed by atoms with van der Waals surface area (Å²) in [5.74, 6) is -1.28. The Balaban J connectivity index is 2.04. The number of aromatic carboxylic acids is 1. The number of carbonyl (C=O) groups is 1. The van der Waals surface area contributed by atoms with E-state index in [0.717, 1.165) is 24.3 Å². The molecule has 2 heterocycles. The van der Waals surface area contributed by atoms with Crippen LogP contribution in [0.4, 0.5) is 26.3 Å². The second-order valence-electron chi connectivity index (χ2n) is 6.48. The standard InChI is InChI=1S/C20H10F6N2O2/c21-19(22,23)11-2-4-12(5-3-11)28-14-6-1-10(18(29)30)9-13(14)17-15(28)7-8-16(27-17)20(24,25)26/h1-9H,(H,29,30). The summed E-state index contributed by atoms with van der Waals surface area (Å²) in [6.45, 7) is 0. The number of fused-ring (bicyclic) bond motifs is 3. The van der Waals surface area contributed by atoms with Crippen molar-refractivity contribution in [3.05, 3.63) is 71.4 Å². The maximum Gasteiger partial charge on any atom is 0.433 e. The normalized spacial score (nSPS) is 12.6. The molecule has 0 radical (unpaired) electrons. The number of benzene rings is 2. The number of carboxylic acids is 1. The molecule has 0 aliphatic carbocycles. The summed E-state index contributed by atoms with van der Waals surface area (Å²) in [7, 11) is 0. The Morgan fingerprint density at radius 3 is 2.03 bits per heavy atom. The fourth-order valence-corrected chi connectivity index (χ4v) is 3.25. The summed E-state index contributed by atoms with van der Waals surface area (Å²) >= 11 is 0. The highest BCUT2D eigenvalue weighted by Gasteiger charge is 2.33. The fourth-order valence-electron chi connectivity index (χ4n) is 3.25. The van der Waals surface area contributed by atoms with E-state index in [0.29, 0.717) is 5.52 Å². The van der Waals surface area contributed by atoms with Crippen LogP contribution < -0.4 is 0 Å². The highest BCUT2D eigenvalue weighted by atomic mass is 19.4. The molecule has 0 bridgehead atoms. The molecule has 0 saturated carbocycles. The number of halogens is 6. The second-order valence-corrected chi connectivity index (χ2v) is 6.48. The van der Waals surface area contributed by atoms with Crippen LogP contribution in [-0.4, -0.2) is 20.6 Å². The summed E-state index contributed by atoms with van der Waals surface area (Å²) in [4.78, 5) is 15.0. The summed E-state index contributed by atoms with van der Waals surface area (Å²) in [6, 6.07) is 9.83. The third kappa shape index (κ3) is 3.23. The molecule has 0 unspecified atom stereocenters. The second kappa shape index (κ2) is 6.48. The Bertz CT molecular complexity index is 1290. The lowest BCUT2D eigenvalue weighted by atomic mass is 10.1. The summed E-state index contributed by atoms with van der Waals surface area (Å²) in [5, 5.41) is 9.35. The molecule has 4 aromatic rings. The van der Waals surface area contributed by atoms with Gasteiger partial charge in [0.25, 0.3) is 0 Å². The maximum absolute atomic E-state index is 13.1. The van der Waals surface area contributed by atoms with Crippen molar-refractivity contribution in [2.75, 3.05) is 0 Å². The van der Waals surface area contributed by atoms with Crippen molar-refractivity contribution in [1.29, 1.82) is 0 Å². The third-order valence-corrected chi connectivity index (χ3v) is 4.60. The number of hydrogen-bond acceptors (Lipinski definition) is 2. The van der Waals surface area contributed by atoms with Crippen LogP contribution in [0.25, 0.3) is 27.6 Å². The zero-order valence-corrected chi connectivity index (χ0v) is 14.7. The van der Waals surface area contributed by atoms with Crippen LogP contribution >= 0.6 is 0 Å². The van der Waals surface area contributed by atoms with Crippen molar-refractivity contribution >= 4 is 27.9 Å². The monoisotopic (exact) mass is 424 g/mol. The molecule has 0 aliphatic heterocycles. The molecular weight excluding hydrogens is 414 g/mol. The van der Waals surface area contributed by atoms with E-state index < -0.39 is 29.6 Å². The van der Waals surface area contributed by atoms with Crippen LogP contribution in [0.5, 0.6) is 0 Å². The van der Waals surface area contributed by atoms with Gasteiger partial charge in [0.15, 0.2) is 0 Å². The van der Waals surface area contributed by atoms with Crippen LogP contribution in [0, 0.1) is 0 Å². The molecule has 2 aromatic heterocycles. The van der Waals surface area contributed by atoms with Gasteiger partial charge in [-0.25, -0.2) is 9.78 Å². The quantitative estimate of drug-likeness (QED) is 0.407. The smallest absolute Gasteiger partial charge is 0.433 e. The summed E-state index contributed by atoms with van der Waals surface area (Å²) in [6.07, 6.45) is -9.26. The fraction of sp³-hybridized carbons (Fsp3) is 0.100. The predicted octanol–water partition coefficient (Wildman–Crippen LogP) is 5.91. The first-order valence-corrected chi connectivity index (χ1v) is 8.40. The Hall–Kier alpha value is -3.56. The molecule has 154 valence electrons. The van der Waals surface area contributed by atoms with E-state index in [-0.39, 0.29) is 27.7 Å². The number of rotatable bonds is 2. The Morgan fingerprint density at radius 2 is 1.47 bits per heavy atom. The summed E-state index contributed by atoms with van der Waals surface area (Å²) in [5.41, 5.74) is -1.55. The molecule has 0 atom stereocenters. The minimum atomic E-state index is -4.72. The zero-order valence-electron chi connectivity index (χ0n) is 14.7. The van der Waals surface area contributed by atoms with E-state index in [1.54, 1.807) is 0 Å². The van der Waals surface area contributed by atoms with E-state index in [1.165, 1.54) is 34.9 Å². The van der Waals surface area contributed by atoms with Gasteiger partial charge in [0.1, 0.15) is 5.69 Å². The van der Waals surface area contributed by atoms with Gasteiger partial charge in [0, 0.05) is 11.1 Å². The van der Waals surface area contributed by atoms with Crippen LogP contribution in [0.3, 0.4) is 0 Å². The number of aromatic nitrogens is 2. The molecule has 0 amide bonds. The zero-order chi connectivity index (χ0) is 21.8. The SMILES string of the molecule is O=C(O)c1ccc2c(c1)c1nc(C(F)(F)F)ccc1n2-c1ccc(C(F)(F)F)cc1. The van der Waals surface area contributed by atoms with Gasteiger partial charge in [0.2, 0.25) is 0 Å². The van der Waals surface area contributed by atoms with Crippen molar-refractivity contribution in [2.45, 2.75) is 12.4 Å². The van der Waals surface area contributed by atoms with E-state index in [1.807, 2.05) is 0 Å². The van der Waals surface area contributed by atoms with Gasteiger partial charge in [-0.3, -0.25) is 0 Å². The van der Waals surface area contributed by atoms with E-state index in [2.05, 4.69) is 4.98 Å². The molecule has 2 aromatic carbocycles. The van der Waals surface area contributed by atoms with Crippen molar-refractivity contribution in [3.8, 4) is 5.69 Å². The number of carboxylic acid groups (broad SMARTS) is 1. The minimum absolute atomic E-state index is 0.108. The Kier molecular flexibility index (Phi) is 4.26. The van der Waals surface area contributed by atoms with E-state index in [9.17, 15) is 36.2 Å². The Morgan fingerprint density at radius 1 is 0.833 bits per heavy atom. The lowest BCUT2D eigenvalue weighted by Crippen LogP contribution is -2.07. The number of nitrogens with zero attached hydrogens (tertiary/aromatic N) is 2. The predicted molar refractivity (Wildman–Crippen MR) is 95.5 cm³/mol. The first kappa shape index (κ1) is 19.7. The lowest BCUT2D eigenvalue weighted by Gasteiger charge is -2.11. The molecule has 0 aliphatic rings. The summed E-state index contributed by atoms with van der Waals surface area (Å²) < 4.78 is 79.4. The number of alkyl halides is 6. The van der Waals surface area contributed by atoms with Gasteiger partial charge in [-0.05, 0) is 54.6 Å². The van der Waals surface area contributed by atoms with Gasteiger partial charge in [-0.1, -0.05) is 0 Å². The molecule has 0 fully saturated rings. The molecule has 10 heteroatoms. The molecule has 30 heavy (non-hydrogen) atoms. The van der Waals surface area contributed by atoms with E-state index in [4.69, 9.17) is 0 Å². The lowest BCUT2D eigenvalue weighted by molar-refractivity contribution is -0.141. The molecule has 4 nitrogen and oxygen atoms in total. The third-order valence-electron chi connectivity index (χ3n) is 4.60. The highest BCUT2D eigenvalue weighted by Crippen LogP contribution is 2.36. The van der Waals surface area contributed by atoms with E-state index >= 15 is 0 Å². The van der Waals surface area contributed by atoms with Gasteiger partial charge in [-0.15, -0.1) is 0 Å². The topological polar surface area (TPSA) is 55.1 Å². The molecule has 1 N–H and O–H groups in total. The molecule has 0 spiro atoms. The van der Waals surface area contributed by atoms with Crippen molar-refractivity contribution in [2.24, 2.45) is 0 Å². The minimum Gasteiger partial charge on any atom is -0.478 e. The Labute approximate surface area is 164 Å². The average molecular weight is 424 g/mol. The molecular formula is C20H10F6N2O2. The van der Waals surface area contributed by atoms with Crippen molar-refractivity contribution < 1.29 is 36.2 Å². The van der Waals surface area contributed by atoms with Crippen LogP contribution in [0.2, 0.25) is 0 Å². The maximum atomic E-state index is 13.1. The van der Waals surface area contributed by atoms with Crippen molar-refractivity contribution in [1.82, 2.24) is 9.55 Å².